The van der Waals surface area contributed by atoms with Gasteiger partial charge in [-0.05, 0) is 49.2 Å². The Hall–Kier alpha value is -3.19. The number of rotatable bonds is 6. The number of nitrogens with zero attached hydrogens (tertiary/aromatic N) is 1. The number of amides is 2. The van der Waals surface area contributed by atoms with Crippen LogP contribution in [0.15, 0.2) is 53.9 Å². The monoisotopic (exact) mass is 393 g/mol. The molecule has 0 spiro atoms. The van der Waals surface area contributed by atoms with Crippen molar-refractivity contribution in [1.82, 2.24) is 10.3 Å². The predicted octanol–water partition coefficient (Wildman–Crippen LogP) is 3.96. The first-order valence-electron chi connectivity index (χ1n) is 8.95. The minimum absolute atomic E-state index is 0.171. The Bertz CT molecular complexity index is 1010. The summed E-state index contributed by atoms with van der Waals surface area (Å²) in [6, 6.07) is 14.7. The van der Waals surface area contributed by atoms with E-state index in [1.165, 1.54) is 11.3 Å². The van der Waals surface area contributed by atoms with Crippen LogP contribution in [-0.4, -0.2) is 29.9 Å². The predicted molar refractivity (Wildman–Crippen MR) is 109 cm³/mol. The molecule has 0 atom stereocenters. The summed E-state index contributed by atoms with van der Waals surface area (Å²) in [5.41, 5.74) is 2.15. The van der Waals surface area contributed by atoms with Crippen LogP contribution in [0.2, 0.25) is 0 Å². The number of anilines is 1. The third kappa shape index (κ3) is 4.04. The third-order valence-electron chi connectivity index (χ3n) is 4.41. The summed E-state index contributed by atoms with van der Waals surface area (Å²) in [7, 11) is 1.61. The molecule has 0 radical (unpaired) electrons. The molecule has 7 heteroatoms. The van der Waals surface area contributed by atoms with Gasteiger partial charge in [0.25, 0.3) is 11.8 Å². The standard InChI is InChI=1S/C21H19N3O3S/c1-27-15-10-6-13(7-11-15)21-24-18(12-28-21)20(26)23-17-5-3-2-4-16(17)19(25)22-14-8-9-14/h2-7,10-12,14H,8-9H2,1H3,(H,22,25)(H,23,26). The molecule has 2 N–H and O–H groups in total. The van der Waals surface area contributed by atoms with Crippen molar-refractivity contribution < 1.29 is 14.3 Å². The van der Waals surface area contributed by atoms with Gasteiger partial charge in [0.2, 0.25) is 0 Å². The Morgan fingerprint density at radius 2 is 1.82 bits per heavy atom. The minimum Gasteiger partial charge on any atom is -0.497 e. The zero-order valence-electron chi connectivity index (χ0n) is 15.3. The summed E-state index contributed by atoms with van der Waals surface area (Å²) in [4.78, 5) is 29.5. The number of methoxy groups -OCH3 is 1. The van der Waals surface area contributed by atoms with E-state index in [4.69, 9.17) is 4.74 Å². The molecule has 142 valence electrons. The summed E-state index contributed by atoms with van der Waals surface area (Å²) < 4.78 is 5.16. The van der Waals surface area contributed by atoms with Gasteiger partial charge in [-0.1, -0.05) is 12.1 Å². The van der Waals surface area contributed by atoms with E-state index in [0.29, 0.717) is 16.9 Å². The van der Waals surface area contributed by atoms with Gasteiger partial charge < -0.3 is 15.4 Å². The number of aromatic nitrogens is 1. The van der Waals surface area contributed by atoms with Crippen LogP contribution in [0.1, 0.15) is 33.7 Å². The molecule has 1 heterocycles. The average molecular weight is 393 g/mol. The molecule has 4 rings (SSSR count). The highest BCUT2D eigenvalue weighted by Crippen LogP contribution is 2.26. The smallest absolute Gasteiger partial charge is 0.275 e. The highest BCUT2D eigenvalue weighted by atomic mass is 32.1. The summed E-state index contributed by atoms with van der Waals surface area (Å²) in [6.07, 6.45) is 2.01. The highest BCUT2D eigenvalue weighted by molar-refractivity contribution is 7.13. The van der Waals surface area contributed by atoms with Crippen molar-refractivity contribution in [1.29, 1.82) is 0 Å². The molecule has 3 aromatic rings. The van der Waals surface area contributed by atoms with Gasteiger partial charge in [0.05, 0.1) is 18.4 Å². The van der Waals surface area contributed by atoms with Crippen molar-refractivity contribution in [2.45, 2.75) is 18.9 Å². The lowest BCUT2D eigenvalue weighted by Crippen LogP contribution is -2.27. The van der Waals surface area contributed by atoms with E-state index in [-0.39, 0.29) is 17.9 Å². The molecule has 1 aliphatic rings. The van der Waals surface area contributed by atoms with Gasteiger partial charge in [-0.3, -0.25) is 9.59 Å². The number of thiazole rings is 1. The van der Waals surface area contributed by atoms with Gasteiger partial charge in [0.1, 0.15) is 16.5 Å². The molecule has 0 bridgehead atoms. The van der Waals surface area contributed by atoms with Gasteiger partial charge in [0.15, 0.2) is 0 Å². The molecule has 28 heavy (non-hydrogen) atoms. The number of nitrogens with one attached hydrogen (secondary N) is 2. The molecule has 6 nitrogen and oxygen atoms in total. The van der Waals surface area contributed by atoms with Gasteiger partial charge in [0, 0.05) is 17.0 Å². The van der Waals surface area contributed by atoms with Crippen molar-refractivity contribution in [3.8, 4) is 16.3 Å². The van der Waals surface area contributed by atoms with Crippen LogP contribution in [0, 0.1) is 0 Å². The van der Waals surface area contributed by atoms with Crippen molar-refractivity contribution in [3.63, 3.8) is 0 Å². The summed E-state index contributed by atoms with van der Waals surface area (Å²) in [5.74, 6) is 0.248. The number of ether oxygens (including phenoxy) is 1. The quantitative estimate of drug-likeness (QED) is 0.664. The minimum atomic E-state index is -0.345. The number of carbonyl (C=O) groups is 2. The molecule has 0 aliphatic heterocycles. The van der Waals surface area contributed by atoms with Crippen molar-refractivity contribution in [3.05, 3.63) is 65.2 Å². The summed E-state index contributed by atoms with van der Waals surface area (Å²) in [6.45, 7) is 0. The van der Waals surface area contributed by atoms with Crippen LogP contribution >= 0.6 is 11.3 Å². The van der Waals surface area contributed by atoms with E-state index in [2.05, 4.69) is 15.6 Å². The summed E-state index contributed by atoms with van der Waals surface area (Å²) in [5, 5.41) is 8.21. The molecule has 1 aliphatic carbocycles. The average Bonchev–Trinajstić information content (AvgIpc) is 3.39. The second kappa shape index (κ2) is 7.82. The lowest BCUT2D eigenvalue weighted by Gasteiger charge is -2.10. The van der Waals surface area contributed by atoms with Crippen molar-refractivity contribution >= 4 is 28.8 Å². The third-order valence-corrected chi connectivity index (χ3v) is 5.30. The number of hydrogen-bond donors (Lipinski definition) is 2. The van der Waals surface area contributed by atoms with E-state index in [0.717, 1.165) is 29.2 Å². The fraction of sp³-hybridized carbons (Fsp3) is 0.190. The first-order chi connectivity index (χ1) is 13.6. The molecular weight excluding hydrogens is 374 g/mol. The summed E-state index contributed by atoms with van der Waals surface area (Å²) >= 11 is 1.39. The Morgan fingerprint density at radius 1 is 1.07 bits per heavy atom. The lowest BCUT2D eigenvalue weighted by molar-refractivity contribution is 0.0952. The zero-order chi connectivity index (χ0) is 19.5. The van der Waals surface area contributed by atoms with Crippen LogP contribution in [0.3, 0.4) is 0 Å². The SMILES string of the molecule is COc1ccc(-c2nc(C(=O)Nc3ccccc3C(=O)NC3CC3)cs2)cc1. The van der Waals surface area contributed by atoms with E-state index >= 15 is 0 Å². The zero-order valence-corrected chi connectivity index (χ0v) is 16.1. The maximum Gasteiger partial charge on any atom is 0.275 e. The lowest BCUT2D eigenvalue weighted by atomic mass is 10.1. The molecule has 0 unspecified atom stereocenters. The van der Waals surface area contributed by atoms with Gasteiger partial charge in [-0.15, -0.1) is 11.3 Å². The van der Waals surface area contributed by atoms with Crippen LogP contribution in [0.5, 0.6) is 5.75 Å². The van der Waals surface area contributed by atoms with Gasteiger partial charge in [-0.25, -0.2) is 4.98 Å². The molecule has 1 aromatic heterocycles. The normalized spacial score (nSPS) is 13.0. The Balaban J connectivity index is 1.50. The Labute approximate surface area is 166 Å². The first kappa shape index (κ1) is 18.2. The van der Waals surface area contributed by atoms with Crippen LogP contribution in [0.4, 0.5) is 5.69 Å². The molecule has 0 saturated heterocycles. The Morgan fingerprint density at radius 3 is 2.54 bits per heavy atom. The molecule has 1 saturated carbocycles. The first-order valence-corrected chi connectivity index (χ1v) is 9.83. The van der Waals surface area contributed by atoms with Crippen LogP contribution in [-0.2, 0) is 0 Å². The molecular formula is C21H19N3O3S. The number of para-hydroxylation sites is 1. The number of benzene rings is 2. The van der Waals surface area contributed by atoms with Gasteiger partial charge in [-0.2, -0.15) is 0 Å². The number of hydrogen-bond acceptors (Lipinski definition) is 5. The van der Waals surface area contributed by atoms with Crippen molar-refractivity contribution in [2.24, 2.45) is 0 Å². The number of carbonyl (C=O) groups excluding carboxylic acids is 2. The second-order valence-corrected chi connectivity index (χ2v) is 7.37. The largest absolute Gasteiger partial charge is 0.497 e. The van der Waals surface area contributed by atoms with E-state index < -0.39 is 0 Å². The molecule has 2 amide bonds. The van der Waals surface area contributed by atoms with Crippen molar-refractivity contribution in [2.75, 3.05) is 12.4 Å². The maximum atomic E-state index is 12.6. The van der Waals surface area contributed by atoms with Gasteiger partial charge >= 0.3 is 0 Å². The fourth-order valence-corrected chi connectivity index (χ4v) is 3.52. The van der Waals surface area contributed by atoms with Crippen LogP contribution < -0.4 is 15.4 Å². The van der Waals surface area contributed by atoms with E-state index in [1.54, 1.807) is 36.8 Å². The molecule has 2 aromatic carbocycles. The van der Waals surface area contributed by atoms with Crippen LogP contribution in [0.25, 0.3) is 10.6 Å². The Kier molecular flexibility index (Phi) is 5.08. The van der Waals surface area contributed by atoms with E-state index in [9.17, 15) is 9.59 Å². The highest BCUT2D eigenvalue weighted by Gasteiger charge is 2.25. The maximum absolute atomic E-state index is 12.6. The topological polar surface area (TPSA) is 80.3 Å². The van der Waals surface area contributed by atoms with E-state index in [1.807, 2.05) is 24.3 Å². The molecule has 1 fully saturated rings. The second-order valence-electron chi connectivity index (χ2n) is 6.51. The fourth-order valence-electron chi connectivity index (χ4n) is 2.71.